The second-order valence-corrected chi connectivity index (χ2v) is 7.03. The summed E-state index contributed by atoms with van der Waals surface area (Å²) in [6.45, 7) is 4.41. The molecule has 1 heterocycles. The number of rotatable bonds is 8. The lowest BCUT2D eigenvalue weighted by molar-refractivity contribution is -0.146. The van der Waals surface area contributed by atoms with Crippen molar-refractivity contribution in [1.82, 2.24) is 10.3 Å². The minimum atomic E-state index is -0.797. The second kappa shape index (κ2) is 9.92. The van der Waals surface area contributed by atoms with Crippen molar-refractivity contribution in [3.8, 4) is 17.2 Å². The summed E-state index contributed by atoms with van der Waals surface area (Å²) in [7, 11) is 4.36. The number of hydrogen-bond donors (Lipinski definition) is 2. The molecule has 0 bridgehead atoms. The fraction of sp³-hybridized carbons (Fsp3) is 0.368. The van der Waals surface area contributed by atoms with Gasteiger partial charge in [-0.2, -0.15) is 0 Å². The van der Waals surface area contributed by atoms with E-state index >= 15 is 0 Å². The maximum absolute atomic E-state index is 12.7. The van der Waals surface area contributed by atoms with Crippen LogP contribution in [0.2, 0.25) is 0 Å². The molecule has 162 valence electrons. The third kappa shape index (κ3) is 5.38. The van der Waals surface area contributed by atoms with Gasteiger partial charge in [-0.25, -0.2) is 4.98 Å². The van der Waals surface area contributed by atoms with E-state index in [2.05, 4.69) is 15.6 Å². The van der Waals surface area contributed by atoms with Crippen molar-refractivity contribution in [1.29, 1.82) is 0 Å². The Bertz CT molecular complexity index is 933. The number of aryl methyl sites for hydroxylation is 1. The summed E-state index contributed by atoms with van der Waals surface area (Å²) in [5, 5.41) is 5.42. The van der Waals surface area contributed by atoms with Crippen LogP contribution in [0, 0.1) is 6.92 Å². The van der Waals surface area contributed by atoms with Gasteiger partial charge in [0.2, 0.25) is 5.75 Å². The van der Waals surface area contributed by atoms with E-state index in [1.165, 1.54) is 47.3 Å². The zero-order valence-electron chi connectivity index (χ0n) is 17.4. The molecule has 1 aromatic heterocycles. The Morgan fingerprint density at radius 2 is 1.63 bits per heavy atom. The first-order valence-corrected chi connectivity index (χ1v) is 9.58. The van der Waals surface area contributed by atoms with Crippen LogP contribution in [0.3, 0.4) is 0 Å². The average Bonchev–Trinajstić information content (AvgIpc) is 3.05. The average molecular weight is 437 g/mol. The Morgan fingerprint density at radius 3 is 2.13 bits per heavy atom. The Morgan fingerprint density at radius 1 is 1.03 bits per heavy atom. The number of carbonyl (C=O) groups excluding carboxylic acids is 3. The van der Waals surface area contributed by atoms with Crippen LogP contribution in [-0.2, 0) is 9.53 Å². The highest BCUT2D eigenvalue weighted by atomic mass is 32.1. The van der Waals surface area contributed by atoms with E-state index in [0.29, 0.717) is 22.9 Å². The molecule has 0 spiro atoms. The topological polar surface area (TPSA) is 125 Å². The van der Waals surface area contributed by atoms with Crippen LogP contribution in [0.4, 0.5) is 5.13 Å². The van der Waals surface area contributed by atoms with Crippen molar-refractivity contribution in [3.05, 3.63) is 28.3 Å². The third-order valence-corrected chi connectivity index (χ3v) is 4.90. The van der Waals surface area contributed by atoms with Gasteiger partial charge in [0, 0.05) is 12.5 Å². The molecule has 0 saturated heterocycles. The molecule has 0 fully saturated rings. The van der Waals surface area contributed by atoms with Gasteiger partial charge in [0.1, 0.15) is 4.88 Å². The highest BCUT2D eigenvalue weighted by molar-refractivity contribution is 7.17. The van der Waals surface area contributed by atoms with Crippen LogP contribution in [0.1, 0.15) is 39.6 Å². The zero-order valence-corrected chi connectivity index (χ0v) is 18.3. The molecule has 0 saturated carbocycles. The maximum atomic E-state index is 12.7. The number of benzene rings is 1. The number of anilines is 1. The Balaban J connectivity index is 2.19. The summed E-state index contributed by atoms with van der Waals surface area (Å²) in [6.07, 6.45) is -0.797. The molecule has 11 heteroatoms. The van der Waals surface area contributed by atoms with Gasteiger partial charge in [0.05, 0.1) is 27.0 Å². The number of methoxy groups -OCH3 is 3. The fourth-order valence-electron chi connectivity index (χ4n) is 2.57. The number of ether oxygens (including phenoxy) is 4. The summed E-state index contributed by atoms with van der Waals surface area (Å²) >= 11 is 0.996. The van der Waals surface area contributed by atoms with Gasteiger partial charge in [-0.1, -0.05) is 11.3 Å². The van der Waals surface area contributed by atoms with E-state index in [9.17, 15) is 14.4 Å². The third-order valence-electron chi connectivity index (χ3n) is 3.83. The van der Waals surface area contributed by atoms with Crippen molar-refractivity contribution >= 4 is 34.3 Å². The summed E-state index contributed by atoms with van der Waals surface area (Å²) in [5.74, 6) is -0.423. The van der Waals surface area contributed by atoms with Gasteiger partial charge >= 0.3 is 5.97 Å². The van der Waals surface area contributed by atoms with Gasteiger partial charge < -0.3 is 24.3 Å². The molecule has 2 rings (SSSR count). The van der Waals surface area contributed by atoms with Gasteiger partial charge in [-0.15, -0.1) is 0 Å². The number of carbonyl (C=O) groups is 3. The molecule has 0 aliphatic rings. The number of nitrogens with one attached hydrogen (secondary N) is 2. The molecular formula is C19H23N3O7S. The predicted octanol–water partition coefficient (Wildman–Crippen LogP) is 2.37. The van der Waals surface area contributed by atoms with Gasteiger partial charge in [0.15, 0.2) is 22.9 Å². The van der Waals surface area contributed by atoms with Gasteiger partial charge in [-0.05, 0) is 26.0 Å². The first-order chi connectivity index (χ1) is 14.2. The largest absolute Gasteiger partial charge is 0.493 e. The Labute approximate surface area is 177 Å². The maximum Gasteiger partial charge on any atom is 0.304 e. The van der Waals surface area contributed by atoms with Crippen molar-refractivity contribution in [2.45, 2.75) is 27.0 Å². The molecule has 30 heavy (non-hydrogen) atoms. The Hall–Kier alpha value is -3.34. The second-order valence-electron chi connectivity index (χ2n) is 6.03. The van der Waals surface area contributed by atoms with Crippen molar-refractivity contribution in [2.24, 2.45) is 0 Å². The molecule has 1 unspecified atom stereocenters. The van der Waals surface area contributed by atoms with Crippen LogP contribution >= 0.6 is 11.3 Å². The van der Waals surface area contributed by atoms with Crippen molar-refractivity contribution in [2.75, 3.05) is 26.6 Å². The van der Waals surface area contributed by atoms with E-state index in [4.69, 9.17) is 18.9 Å². The monoisotopic (exact) mass is 437 g/mol. The first-order valence-electron chi connectivity index (χ1n) is 8.77. The SMILES string of the molecule is COc1cc(C(=O)Nc2nc(C)c(C(=O)NC(C)OC(C)=O)s2)cc(OC)c1OC. The summed E-state index contributed by atoms with van der Waals surface area (Å²) in [5.41, 5.74) is 0.680. The van der Waals surface area contributed by atoms with Crippen LogP contribution < -0.4 is 24.8 Å². The smallest absolute Gasteiger partial charge is 0.304 e. The van der Waals surface area contributed by atoms with E-state index in [1.54, 1.807) is 6.92 Å². The lowest BCUT2D eigenvalue weighted by atomic mass is 10.1. The number of amides is 2. The van der Waals surface area contributed by atoms with Gasteiger partial charge in [-0.3, -0.25) is 19.7 Å². The highest BCUT2D eigenvalue weighted by Gasteiger charge is 2.21. The van der Waals surface area contributed by atoms with Crippen molar-refractivity contribution < 1.29 is 33.3 Å². The molecule has 1 atom stereocenters. The minimum absolute atomic E-state index is 0.233. The molecule has 2 amide bonds. The predicted molar refractivity (Wildman–Crippen MR) is 110 cm³/mol. The number of nitrogens with zero attached hydrogens (tertiary/aromatic N) is 1. The molecule has 0 aliphatic heterocycles. The molecule has 2 N–H and O–H groups in total. The van der Waals surface area contributed by atoms with E-state index in [-0.39, 0.29) is 15.6 Å². The zero-order chi connectivity index (χ0) is 22.4. The minimum Gasteiger partial charge on any atom is -0.493 e. The highest BCUT2D eigenvalue weighted by Crippen LogP contribution is 2.38. The van der Waals surface area contributed by atoms with Crippen LogP contribution in [0.25, 0.3) is 0 Å². The molecule has 10 nitrogen and oxygen atoms in total. The lowest BCUT2D eigenvalue weighted by Gasteiger charge is -2.13. The number of esters is 1. The van der Waals surface area contributed by atoms with Crippen molar-refractivity contribution in [3.63, 3.8) is 0 Å². The summed E-state index contributed by atoms with van der Waals surface area (Å²) in [4.78, 5) is 40.5. The molecular weight excluding hydrogens is 414 g/mol. The van der Waals surface area contributed by atoms with E-state index in [1.807, 2.05) is 0 Å². The number of aromatic nitrogens is 1. The molecule has 1 aromatic carbocycles. The van der Waals surface area contributed by atoms with Crippen LogP contribution in [0.5, 0.6) is 17.2 Å². The van der Waals surface area contributed by atoms with Crippen LogP contribution in [-0.4, -0.2) is 50.3 Å². The molecule has 0 radical (unpaired) electrons. The normalized spacial score (nSPS) is 11.3. The Kier molecular flexibility index (Phi) is 7.59. The summed E-state index contributed by atoms with van der Waals surface area (Å²) < 4.78 is 20.6. The quantitative estimate of drug-likeness (QED) is 0.476. The number of hydrogen-bond acceptors (Lipinski definition) is 9. The van der Waals surface area contributed by atoms with Gasteiger partial charge in [0.25, 0.3) is 11.8 Å². The fourth-order valence-corrected chi connectivity index (χ4v) is 3.44. The lowest BCUT2D eigenvalue weighted by Crippen LogP contribution is -2.35. The van der Waals surface area contributed by atoms with E-state index < -0.39 is 24.0 Å². The standard InChI is InChI=1S/C19H23N3O7S/c1-9-16(18(25)21-10(2)29-11(3)23)30-19(20-9)22-17(24)12-7-13(26-4)15(28-6)14(8-12)27-5/h7-8,10H,1-6H3,(H,21,25)(H,20,22,24). The molecule has 0 aliphatic carbocycles. The number of thiazole rings is 1. The van der Waals surface area contributed by atoms with Crippen LogP contribution in [0.15, 0.2) is 12.1 Å². The first kappa shape index (κ1) is 22.9. The summed E-state index contributed by atoms with van der Waals surface area (Å²) in [6, 6.07) is 3.01. The molecule has 2 aromatic rings. The van der Waals surface area contributed by atoms with E-state index in [0.717, 1.165) is 11.3 Å².